The van der Waals surface area contributed by atoms with Crippen molar-refractivity contribution >= 4 is 11.6 Å². The van der Waals surface area contributed by atoms with Gasteiger partial charge in [-0.05, 0) is 36.2 Å². The number of amides is 1. The van der Waals surface area contributed by atoms with Crippen molar-refractivity contribution < 1.29 is 14.3 Å². The first kappa shape index (κ1) is 18.8. The van der Waals surface area contributed by atoms with Crippen LogP contribution in [0.5, 0.6) is 11.5 Å². The maximum atomic E-state index is 11.4. The van der Waals surface area contributed by atoms with Crippen LogP contribution in [0.1, 0.15) is 32.3 Å². The first-order chi connectivity index (χ1) is 12.1. The highest BCUT2D eigenvalue weighted by Gasteiger charge is 2.06. The number of benzene rings is 2. The summed E-state index contributed by atoms with van der Waals surface area (Å²) in [5.74, 6) is 1.61. The van der Waals surface area contributed by atoms with E-state index < -0.39 is 0 Å². The van der Waals surface area contributed by atoms with Gasteiger partial charge >= 0.3 is 0 Å². The Morgan fingerprint density at radius 2 is 1.56 bits per heavy atom. The Morgan fingerprint density at radius 1 is 0.960 bits per heavy atom. The summed E-state index contributed by atoms with van der Waals surface area (Å²) in [6, 6.07) is 15.8. The Hall–Kier alpha value is -2.49. The van der Waals surface area contributed by atoms with Gasteiger partial charge in [-0.3, -0.25) is 4.79 Å². The molecule has 0 saturated carbocycles. The van der Waals surface area contributed by atoms with Crippen LogP contribution in [0.3, 0.4) is 0 Å². The third-order valence-corrected chi connectivity index (χ3v) is 4.05. The molecule has 134 valence electrons. The largest absolute Gasteiger partial charge is 0.490 e. The Labute approximate surface area is 150 Å². The lowest BCUT2D eigenvalue weighted by Gasteiger charge is -2.15. The number of hydrogen-bond acceptors (Lipinski definition) is 3. The maximum absolute atomic E-state index is 11.4. The number of hydrogen-bond donors (Lipinski definition) is 0. The van der Waals surface area contributed by atoms with E-state index in [1.807, 2.05) is 48.5 Å². The zero-order chi connectivity index (χ0) is 18.1. The first-order valence-corrected chi connectivity index (χ1v) is 8.79. The van der Waals surface area contributed by atoms with Gasteiger partial charge in [-0.25, -0.2) is 0 Å². The minimum Gasteiger partial charge on any atom is -0.490 e. The number of anilines is 1. The van der Waals surface area contributed by atoms with Gasteiger partial charge in [0.05, 0.1) is 13.2 Å². The molecule has 2 rings (SSSR count). The number of ether oxygens (including phenoxy) is 2. The van der Waals surface area contributed by atoms with Crippen LogP contribution < -0.4 is 14.4 Å². The first-order valence-electron chi connectivity index (χ1n) is 8.79. The second-order valence-electron chi connectivity index (χ2n) is 5.99. The highest BCUT2D eigenvalue weighted by atomic mass is 16.5. The molecule has 4 nitrogen and oxygen atoms in total. The molecule has 2 aromatic carbocycles. The Morgan fingerprint density at radius 3 is 2.12 bits per heavy atom. The predicted octanol–water partition coefficient (Wildman–Crippen LogP) is 4.47. The molecule has 0 atom stereocenters. The van der Waals surface area contributed by atoms with Gasteiger partial charge in [0, 0.05) is 26.1 Å². The van der Waals surface area contributed by atoms with E-state index >= 15 is 0 Å². The monoisotopic (exact) mass is 341 g/mol. The predicted molar refractivity (Wildman–Crippen MR) is 102 cm³/mol. The number of unbranched alkanes of at least 4 members (excludes halogenated alkanes) is 1. The summed E-state index contributed by atoms with van der Waals surface area (Å²) in [7, 11) is 1.77. The second kappa shape index (κ2) is 9.72. The molecule has 0 aliphatic heterocycles. The highest BCUT2D eigenvalue weighted by molar-refractivity contribution is 5.90. The van der Waals surface area contributed by atoms with Gasteiger partial charge in [-0.15, -0.1) is 0 Å². The molecule has 0 spiro atoms. The quantitative estimate of drug-likeness (QED) is 0.632. The van der Waals surface area contributed by atoms with Crippen LogP contribution in [0.15, 0.2) is 48.5 Å². The third kappa shape index (κ3) is 5.82. The lowest BCUT2D eigenvalue weighted by molar-refractivity contribution is -0.116. The SMILES string of the molecule is CCCCOc1ccccc1OCCc1ccc(N(C)C(C)=O)cc1. The van der Waals surface area contributed by atoms with Crippen molar-refractivity contribution in [3.05, 3.63) is 54.1 Å². The van der Waals surface area contributed by atoms with E-state index in [9.17, 15) is 4.79 Å². The summed E-state index contributed by atoms with van der Waals surface area (Å²) in [6.07, 6.45) is 2.95. The summed E-state index contributed by atoms with van der Waals surface area (Å²) in [5, 5.41) is 0. The molecule has 25 heavy (non-hydrogen) atoms. The average Bonchev–Trinajstić information content (AvgIpc) is 2.63. The van der Waals surface area contributed by atoms with Gasteiger partial charge in [0.1, 0.15) is 0 Å². The number of nitrogens with zero attached hydrogens (tertiary/aromatic N) is 1. The molecule has 0 radical (unpaired) electrons. The molecule has 0 bridgehead atoms. The van der Waals surface area contributed by atoms with Crippen molar-refractivity contribution in [3.63, 3.8) is 0 Å². The minimum absolute atomic E-state index is 0.0239. The number of rotatable bonds is 9. The van der Waals surface area contributed by atoms with E-state index in [4.69, 9.17) is 9.47 Å². The minimum atomic E-state index is 0.0239. The zero-order valence-electron chi connectivity index (χ0n) is 15.3. The van der Waals surface area contributed by atoms with Gasteiger partial charge in [-0.2, -0.15) is 0 Å². The molecule has 0 unspecified atom stereocenters. The maximum Gasteiger partial charge on any atom is 0.223 e. The van der Waals surface area contributed by atoms with E-state index in [2.05, 4.69) is 6.92 Å². The molecule has 0 aliphatic carbocycles. The normalized spacial score (nSPS) is 10.4. The second-order valence-corrected chi connectivity index (χ2v) is 5.99. The fourth-order valence-electron chi connectivity index (χ4n) is 2.36. The molecule has 1 amide bonds. The summed E-state index contributed by atoms with van der Waals surface area (Å²) in [5.41, 5.74) is 2.07. The third-order valence-electron chi connectivity index (χ3n) is 4.05. The summed E-state index contributed by atoms with van der Waals surface area (Å²) < 4.78 is 11.7. The molecule has 0 heterocycles. The average molecular weight is 341 g/mol. The van der Waals surface area contributed by atoms with Crippen molar-refractivity contribution in [2.75, 3.05) is 25.2 Å². The number of para-hydroxylation sites is 2. The van der Waals surface area contributed by atoms with E-state index in [1.54, 1.807) is 18.9 Å². The Balaban J connectivity index is 1.87. The Bertz CT molecular complexity index is 667. The van der Waals surface area contributed by atoms with Gasteiger partial charge in [-0.1, -0.05) is 37.6 Å². The molecule has 0 N–H and O–H groups in total. The van der Waals surface area contributed by atoms with Crippen molar-refractivity contribution in [2.45, 2.75) is 33.1 Å². The van der Waals surface area contributed by atoms with Gasteiger partial charge in [0.15, 0.2) is 11.5 Å². The van der Waals surface area contributed by atoms with Crippen molar-refractivity contribution in [2.24, 2.45) is 0 Å². The smallest absolute Gasteiger partial charge is 0.223 e. The van der Waals surface area contributed by atoms with Crippen LogP contribution in [0.2, 0.25) is 0 Å². The number of carbonyl (C=O) groups excluding carboxylic acids is 1. The van der Waals surface area contributed by atoms with E-state index in [0.29, 0.717) is 13.2 Å². The summed E-state index contributed by atoms with van der Waals surface area (Å²) >= 11 is 0. The molecule has 4 heteroatoms. The van der Waals surface area contributed by atoms with Crippen LogP contribution in [-0.4, -0.2) is 26.2 Å². The molecule has 0 aliphatic rings. The Kier molecular flexibility index (Phi) is 7.33. The standard InChI is InChI=1S/C21H27NO3/c1-4-5-15-24-20-8-6-7-9-21(20)25-16-14-18-10-12-19(13-11-18)22(3)17(2)23/h6-13H,4-5,14-16H2,1-3H3. The van der Waals surface area contributed by atoms with E-state index in [1.165, 1.54) is 5.56 Å². The summed E-state index contributed by atoms with van der Waals surface area (Å²) in [4.78, 5) is 13.0. The van der Waals surface area contributed by atoms with Crippen molar-refractivity contribution in [1.82, 2.24) is 0 Å². The highest BCUT2D eigenvalue weighted by Crippen LogP contribution is 2.26. The fraction of sp³-hybridized carbons (Fsp3) is 0.381. The van der Waals surface area contributed by atoms with E-state index in [0.717, 1.165) is 36.4 Å². The van der Waals surface area contributed by atoms with Crippen LogP contribution in [0.25, 0.3) is 0 Å². The molecule has 2 aromatic rings. The lowest BCUT2D eigenvalue weighted by atomic mass is 10.1. The van der Waals surface area contributed by atoms with Crippen molar-refractivity contribution in [3.8, 4) is 11.5 Å². The zero-order valence-corrected chi connectivity index (χ0v) is 15.3. The molecule has 0 aromatic heterocycles. The van der Waals surface area contributed by atoms with Gasteiger partial charge in [0.2, 0.25) is 5.91 Å². The van der Waals surface area contributed by atoms with Crippen molar-refractivity contribution in [1.29, 1.82) is 0 Å². The van der Waals surface area contributed by atoms with Gasteiger partial charge < -0.3 is 14.4 Å². The lowest BCUT2D eigenvalue weighted by Crippen LogP contribution is -2.22. The van der Waals surface area contributed by atoms with Gasteiger partial charge in [0.25, 0.3) is 0 Å². The van der Waals surface area contributed by atoms with Crippen LogP contribution in [0.4, 0.5) is 5.69 Å². The summed E-state index contributed by atoms with van der Waals surface area (Å²) in [6.45, 7) is 4.99. The van der Waals surface area contributed by atoms with Crippen LogP contribution >= 0.6 is 0 Å². The molecular formula is C21H27NO3. The molecule has 0 saturated heterocycles. The topological polar surface area (TPSA) is 38.8 Å². The molecule has 0 fully saturated rings. The molecular weight excluding hydrogens is 314 g/mol. The number of carbonyl (C=O) groups is 1. The fourth-order valence-corrected chi connectivity index (χ4v) is 2.36. The van der Waals surface area contributed by atoms with Crippen LogP contribution in [-0.2, 0) is 11.2 Å². The van der Waals surface area contributed by atoms with Crippen LogP contribution in [0, 0.1) is 0 Å². The van der Waals surface area contributed by atoms with E-state index in [-0.39, 0.29) is 5.91 Å².